The van der Waals surface area contributed by atoms with E-state index < -0.39 is 0 Å². The molecule has 0 bridgehead atoms. The van der Waals surface area contributed by atoms with E-state index in [0.717, 1.165) is 19.4 Å². The zero-order valence-electron chi connectivity index (χ0n) is 8.25. The Balaban J connectivity index is 1.92. The number of hydrogen-bond donors (Lipinski definition) is 1. The molecule has 2 heterocycles. The molecule has 3 nitrogen and oxygen atoms in total. The Morgan fingerprint density at radius 2 is 2.31 bits per heavy atom. The molecule has 0 aromatic heterocycles. The molecule has 0 aromatic rings. The standard InChI is InChI=1S/C10H17NO2/c1-10(2)7-11-9(13-10)8-5-3-4-6-12-8/h4,6,8-9,11H,3,5,7H2,1-2H3/t8-,9-/m1/s1. The molecule has 0 amide bonds. The maximum absolute atomic E-state index is 5.82. The van der Waals surface area contributed by atoms with Crippen molar-refractivity contribution >= 4 is 0 Å². The maximum atomic E-state index is 5.82. The summed E-state index contributed by atoms with van der Waals surface area (Å²) >= 11 is 0. The topological polar surface area (TPSA) is 30.5 Å². The first-order valence-corrected chi connectivity index (χ1v) is 4.89. The monoisotopic (exact) mass is 183 g/mol. The average Bonchev–Trinajstić information content (AvgIpc) is 2.48. The van der Waals surface area contributed by atoms with E-state index in [2.05, 4.69) is 25.2 Å². The van der Waals surface area contributed by atoms with Gasteiger partial charge in [0.25, 0.3) is 0 Å². The summed E-state index contributed by atoms with van der Waals surface area (Å²) in [5.41, 5.74) is -0.0464. The lowest BCUT2D eigenvalue weighted by Gasteiger charge is -2.26. The minimum Gasteiger partial charge on any atom is -0.494 e. The molecule has 2 atom stereocenters. The van der Waals surface area contributed by atoms with E-state index in [1.807, 2.05) is 0 Å². The van der Waals surface area contributed by atoms with Crippen LogP contribution in [0.4, 0.5) is 0 Å². The smallest absolute Gasteiger partial charge is 0.146 e. The van der Waals surface area contributed by atoms with E-state index in [9.17, 15) is 0 Å². The van der Waals surface area contributed by atoms with Crippen molar-refractivity contribution in [1.29, 1.82) is 0 Å². The van der Waals surface area contributed by atoms with Gasteiger partial charge < -0.3 is 9.47 Å². The third kappa shape index (κ3) is 2.03. The van der Waals surface area contributed by atoms with Crippen LogP contribution in [0, 0.1) is 0 Å². The SMILES string of the molecule is CC1(C)CN[C@@H]([C@H]2CCC=CO2)O1. The Bertz CT molecular complexity index is 213. The Morgan fingerprint density at radius 3 is 2.85 bits per heavy atom. The van der Waals surface area contributed by atoms with Crippen molar-refractivity contribution < 1.29 is 9.47 Å². The molecule has 1 saturated heterocycles. The summed E-state index contributed by atoms with van der Waals surface area (Å²) in [7, 11) is 0. The van der Waals surface area contributed by atoms with Crippen LogP contribution in [-0.4, -0.2) is 24.5 Å². The lowest BCUT2D eigenvalue weighted by atomic mass is 10.1. The summed E-state index contributed by atoms with van der Waals surface area (Å²) in [6.07, 6.45) is 6.23. The molecular formula is C10H17NO2. The molecule has 0 radical (unpaired) electrons. The Morgan fingerprint density at radius 1 is 1.46 bits per heavy atom. The van der Waals surface area contributed by atoms with Crippen LogP contribution < -0.4 is 5.32 Å². The Hall–Kier alpha value is -0.540. The molecule has 0 saturated carbocycles. The average molecular weight is 183 g/mol. The van der Waals surface area contributed by atoms with Crippen molar-refractivity contribution in [3.05, 3.63) is 12.3 Å². The molecule has 0 spiro atoms. The molecule has 2 aliphatic heterocycles. The summed E-state index contributed by atoms with van der Waals surface area (Å²) < 4.78 is 11.3. The van der Waals surface area contributed by atoms with E-state index in [1.165, 1.54) is 0 Å². The van der Waals surface area contributed by atoms with Crippen molar-refractivity contribution in [2.24, 2.45) is 0 Å². The lowest BCUT2D eigenvalue weighted by molar-refractivity contribution is -0.0820. The van der Waals surface area contributed by atoms with Crippen LogP contribution in [-0.2, 0) is 9.47 Å². The van der Waals surface area contributed by atoms with Crippen LogP contribution in [0.2, 0.25) is 0 Å². The highest BCUT2D eigenvalue weighted by atomic mass is 16.6. The van der Waals surface area contributed by atoms with Crippen molar-refractivity contribution in [3.63, 3.8) is 0 Å². The van der Waals surface area contributed by atoms with Gasteiger partial charge in [0.2, 0.25) is 0 Å². The fraction of sp³-hybridized carbons (Fsp3) is 0.800. The summed E-state index contributed by atoms with van der Waals surface area (Å²) in [6, 6.07) is 0. The third-order valence-electron chi connectivity index (χ3n) is 2.48. The van der Waals surface area contributed by atoms with E-state index in [0.29, 0.717) is 0 Å². The first kappa shape index (κ1) is 9.03. The number of nitrogens with one attached hydrogen (secondary N) is 1. The van der Waals surface area contributed by atoms with Gasteiger partial charge in [-0.05, 0) is 32.8 Å². The van der Waals surface area contributed by atoms with E-state index in [4.69, 9.17) is 9.47 Å². The second-order valence-corrected chi connectivity index (χ2v) is 4.30. The molecule has 0 unspecified atom stereocenters. The maximum Gasteiger partial charge on any atom is 0.146 e. The molecule has 2 aliphatic rings. The molecule has 74 valence electrons. The van der Waals surface area contributed by atoms with E-state index in [-0.39, 0.29) is 17.9 Å². The molecule has 2 rings (SSSR count). The van der Waals surface area contributed by atoms with Crippen molar-refractivity contribution in [2.45, 2.75) is 44.6 Å². The number of hydrogen-bond acceptors (Lipinski definition) is 3. The van der Waals surface area contributed by atoms with Gasteiger partial charge >= 0.3 is 0 Å². The molecule has 0 aliphatic carbocycles. The third-order valence-corrected chi connectivity index (χ3v) is 2.48. The van der Waals surface area contributed by atoms with Gasteiger partial charge in [-0.25, -0.2) is 0 Å². The van der Waals surface area contributed by atoms with Gasteiger partial charge in [-0.3, -0.25) is 5.32 Å². The predicted octanol–water partition coefficient (Wildman–Crippen LogP) is 1.40. The van der Waals surface area contributed by atoms with Crippen molar-refractivity contribution in [3.8, 4) is 0 Å². The highest BCUT2D eigenvalue weighted by molar-refractivity contribution is 4.90. The van der Waals surface area contributed by atoms with Crippen LogP contribution >= 0.6 is 0 Å². The van der Waals surface area contributed by atoms with Crippen LogP contribution in [0.3, 0.4) is 0 Å². The molecule has 1 fully saturated rings. The van der Waals surface area contributed by atoms with Gasteiger partial charge in [0.15, 0.2) is 0 Å². The Labute approximate surface area is 79.1 Å². The second-order valence-electron chi connectivity index (χ2n) is 4.30. The predicted molar refractivity (Wildman–Crippen MR) is 50.2 cm³/mol. The Kier molecular flexibility index (Phi) is 2.30. The van der Waals surface area contributed by atoms with E-state index >= 15 is 0 Å². The zero-order valence-corrected chi connectivity index (χ0v) is 8.25. The minimum absolute atomic E-state index is 0.0464. The highest BCUT2D eigenvalue weighted by Crippen LogP contribution is 2.23. The zero-order chi connectivity index (χ0) is 9.31. The molecule has 0 aromatic carbocycles. The van der Waals surface area contributed by atoms with Gasteiger partial charge in [-0.15, -0.1) is 0 Å². The fourth-order valence-electron chi connectivity index (χ4n) is 1.76. The van der Waals surface area contributed by atoms with Crippen LogP contribution in [0.1, 0.15) is 26.7 Å². The molecule has 13 heavy (non-hydrogen) atoms. The fourth-order valence-corrected chi connectivity index (χ4v) is 1.76. The van der Waals surface area contributed by atoms with E-state index in [1.54, 1.807) is 6.26 Å². The number of rotatable bonds is 1. The molecule has 3 heteroatoms. The highest BCUT2D eigenvalue weighted by Gasteiger charge is 2.36. The quantitative estimate of drug-likeness (QED) is 0.666. The summed E-state index contributed by atoms with van der Waals surface area (Å²) in [4.78, 5) is 0. The lowest BCUT2D eigenvalue weighted by Crippen LogP contribution is -2.37. The van der Waals surface area contributed by atoms with Gasteiger partial charge in [0.1, 0.15) is 12.3 Å². The van der Waals surface area contributed by atoms with Crippen LogP contribution in [0.5, 0.6) is 0 Å². The first-order chi connectivity index (χ1) is 6.17. The van der Waals surface area contributed by atoms with Crippen molar-refractivity contribution in [2.75, 3.05) is 6.54 Å². The largest absolute Gasteiger partial charge is 0.494 e. The van der Waals surface area contributed by atoms with Gasteiger partial charge in [-0.1, -0.05) is 0 Å². The summed E-state index contributed by atoms with van der Waals surface area (Å²) in [6.45, 7) is 5.10. The summed E-state index contributed by atoms with van der Waals surface area (Å²) in [5.74, 6) is 0. The van der Waals surface area contributed by atoms with Crippen LogP contribution in [0.15, 0.2) is 12.3 Å². The normalized spacial score (nSPS) is 37.4. The van der Waals surface area contributed by atoms with Crippen LogP contribution in [0.25, 0.3) is 0 Å². The number of allylic oxidation sites excluding steroid dienone is 1. The van der Waals surface area contributed by atoms with Gasteiger partial charge in [0.05, 0.1) is 11.9 Å². The second kappa shape index (κ2) is 3.31. The van der Waals surface area contributed by atoms with Gasteiger partial charge in [0, 0.05) is 6.54 Å². The van der Waals surface area contributed by atoms with Gasteiger partial charge in [-0.2, -0.15) is 0 Å². The number of ether oxygens (including phenoxy) is 2. The minimum atomic E-state index is -0.0464. The van der Waals surface area contributed by atoms with Crippen molar-refractivity contribution in [1.82, 2.24) is 5.32 Å². The molecule has 1 N–H and O–H groups in total. The summed E-state index contributed by atoms with van der Waals surface area (Å²) in [5, 5.41) is 3.34. The first-order valence-electron chi connectivity index (χ1n) is 4.89. The molecular weight excluding hydrogens is 166 g/mol.